The zero-order valence-electron chi connectivity index (χ0n) is 17.7. The van der Waals surface area contributed by atoms with Gasteiger partial charge in [-0.25, -0.2) is 9.78 Å². The number of fused-ring (bicyclic) bond motifs is 3. The van der Waals surface area contributed by atoms with Gasteiger partial charge in [0, 0.05) is 5.56 Å². The van der Waals surface area contributed by atoms with E-state index in [1.165, 1.54) is 17.7 Å². The number of esters is 1. The minimum atomic E-state index is -1.33. The van der Waals surface area contributed by atoms with Gasteiger partial charge < -0.3 is 9.47 Å². The number of carbonyl (C=O) groups excluding carboxylic acids is 2. The van der Waals surface area contributed by atoms with E-state index in [1.54, 1.807) is 49.4 Å². The molecule has 11 heteroatoms. The van der Waals surface area contributed by atoms with Crippen molar-refractivity contribution in [2.75, 3.05) is 13.7 Å². The van der Waals surface area contributed by atoms with Crippen molar-refractivity contribution in [2.24, 2.45) is 10.2 Å². The molecule has 1 unspecified atom stereocenters. The van der Waals surface area contributed by atoms with Crippen LogP contribution >= 0.6 is 0 Å². The molecular weight excluding hydrogens is 426 g/mol. The van der Waals surface area contributed by atoms with Crippen LogP contribution in [0.2, 0.25) is 0 Å². The third-order valence-corrected chi connectivity index (χ3v) is 4.71. The number of azo groups is 1. The van der Waals surface area contributed by atoms with Gasteiger partial charge in [0.1, 0.15) is 11.3 Å². The van der Waals surface area contributed by atoms with Gasteiger partial charge in [-0.2, -0.15) is 15.5 Å². The van der Waals surface area contributed by atoms with E-state index >= 15 is 0 Å². The zero-order valence-corrected chi connectivity index (χ0v) is 17.7. The molecule has 0 saturated heterocycles. The predicted molar refractivity (Wildman–Crippen MR) is 115 cm³/mol. The van der Waals surface area contributed by atoms with E-state index in [0.717, 1.165) is 0 Å². The van der Waals surface area contributed by atoms with Crippen LogP contribution in [0.4, 0.5) is 5.69 Å². The van der Waals surface area contributed by atoms with Crippen LogP contribution in [0.15, 0.2) is 58.9 Å². The number of aromatic nitrogens is 4. The zero-order chi connectivity index (χ0) is 23.4. The van der Waals surface area contributed by atoms with Crippen LogP contribution < -0.4 is 4.74 Å². The summed E-state index contributed by atoms with van der Waals surface area (Å²) in [5.74, 6) is -0.240. The fraction of sp³-hybridized carbons (Fsp3) is 0.182. The molecule has 0 saturated carbocycles. The lowest BCUT2D eigenvalue weighted by Gasteiger charge is -2.06. The van der Waals surface area contributed by atoms with Gasteiger partial charge in [0.15, 0.2) is 5.69 Å². The molecule has 0 bridgehead atoms. The molecule has 0 spiro atoms. The van der Waals surface area contributed by atoms with E-state index in [9.17, 15) is 14.9 Å². The summed E-state index contributed by atoms with van der Waals surface area (Å²) in [7, 11) is 1.52. The predicted octanol–water partition coefficient (Wildman–Crippen LogP) is 3.32. The number of hydrogen-bond donors (Lipinski definition) is 0. The first-order chi connectivity index (χ1) is 16.0. The Balaban J connectivity index is 1.68. The van der Waals surface area contributed by atoms with Crippen LogP contribution in [0.3, 0.4) is 0 Å². The van der Waals surface area contributed by atoms with Crippen molar-refractivity contribution in [3.8, 4) is 11.8 Å². The molecule has 0 aliphatic rings. The molecule has 2 aromatic carbocycles. The Kier molecular flexibility index (Phi) is 5.99. The molecular formula is C22H17N7O4. The van der Waals surface area contributed by atoms with E-state index < -0.39 is 17.8 Å². The van der Waals surface area contributed by atoms with Crippen molar-refractivity contribution < 1.29 is 19.1 Å². The Morgan fingerprint density at radius 2 is 1.97 bits per heavy atom. The summed E-state index contributed by atoms with van der Waals surface area (Å²) in [5.41, 5.74) is 1.82. The second-order valence-corrected chi connectivity index (χ2v) is 6.71. The van der Waals surface area contributed by atoms with Crippen molar-refractivity contribution in [2.45, 2.75) is 13.0 Å². The van der Waals surface area contributed by atoms with E-state index in [0.29, 0.717) is 28.0 Å². The summed E-state index contributed by atoms with van der Waals surface area (Å²) in [6.45, 7) is 1.91. The number of nitriles is 1. The smallest absolute Gasteiger partial charge is 0.357 e. The molecule has 33 heavy (non-hydrogen) atoms. The number of ether oxygens (including phenoxy) is 2. The third-order valence-electron chi connectivity index (χ3n) is 4.71. The largest absolute Gasteiger partial charge is 0.497 e. The average Bonchev–Trinajstić information content (AvgIpc) is 3.29. The summed E-state index contributed by atoms with van der Waals surface area (Å²) in [6, 6.07) is 11.8. The monoisotopic (exact) mass is 443 g/mol. The summed E-state index contributed by atoms with van der Waals surface area (Å²) < 4.78 is 11.7. The highest BCUT2D eigenvalue weighted by Crippen LogP contribution is 2.23. The summed E-state index contributed by atoms with van der Waals surface area (Å²) in [4.78, 5) is 29.0. The molecule has 4 rings (SSSR count). The first kappa shape index (κ1) is 21.5. The molecule has 1 atom stereocenters. The van der Waals surface area contributed by atoms with Gasteiger partial charge in [0.25, 0.3) is 5.78 Å². The van der Waals surface area contributed by atoms with Gasteiger partial charge in [-0.3, -0.25) is 9.20 Å². The molecule has 0 fully saturated rings. The van der Waals surface area contributed by atoms with Crippen LogP contribution in [0.25, 0.3) is 16.8 Å². The highest BCUT2D eigenvalue weighted by Gasteiger charge is 2.20. The van der Waals surface area contributed by atoms with Gasteiger partial charge in [-0.05, 0) is 49.4 Å². The molecule has 0 amide bonds. The lowest BCUT2D eigenvalue weighted by molar-refractivity contribution is 0.0518. The van der Waals surface area contributed by atoms with Crippen LogP contribution in [-0.2, 0) is 4.74 Å². The average molecular weight is 443 g/mol. The molecule has 2 aromatic heterocycles. The minimum Gasteiger partial charge on any atom is -0.497 e. The summed E-state index contributed by atoms with van der Waals surface area (Å²) in [5, 5.41) is 25.5. The fourth-order valence-electron chi connectivity index (χ4n) is 3.11. The maximum Gasteiger partial charge on any atom is 0.357 e. The third kappa shape index (κ3) is 4.22. The van der Waals surface area contributed by atoms with Crippen LogP contribution in [-0.4, -0.2) is 51.1 Å². The summed E-state index contributed by atoms with van der Waals surface area (Å²) >= 11 is 0. The number of nitrogens with zero attached hydrogens (tertiary/aromatic N) is 7. The first-order valence-corrected chi connectivity index (χ1v) is 9.85. The normalized spacial score (nSPS) is 12.0. The van der Waals surface area contributed by atoms with E-state index in [1.807, 2.05) is 6.07 Å². The number of ketones is 1. The standard InChI is InChI=1S/C22H17N7O4/c1-3-33-21(31)19-12-24-22-28-26-16-9-6-14(10-18(16)29(19)22)25-27-17(11-23)20(30)13-4-7-15(32-2)8-5-13/h4-10,12,17H,3H2,1-2H3/b27-25+. The Morgan fingerprint density at radius 3 is 2.67 bits per heavy atom. The second-order valence-electron chi connectivity index (χ2n) is 6.71. The quantitative estimate of drug-likeness (QED) is 0.240. The SMILES string of the molecule is CCOC(=O)c1cnc2nnc3ccc(/N=N/C(C#N)C(=O)c4ccc(OC)cc4)cc3n12. The van der Waals surface area contributed by atoms with Crippen molar-refractivity contribution >= 4 is 34.3 Å². The maximum atomic E-state index is 12.6. The van der Waals surface area contributed by atoms with Gasteiger partial charge in [0.2, 0.25) is 11.8 Å². The molecule has 0 radical (unpaired) electrons. The van der Waals surface area contributed by atoms with Crippen LogP contribution in [0.1, 0.15) is 27.8 Å². The van der Waals surface area contributed by atoms with Crippen molar-refractivity contribution in [1.82, 2.24) is 19.6 Å². The molecule has 2 heterocycles. The Morgan fingerprint density at radius 1 is 1.18 bits per heavy atom. The van der Waals surface area contributed by atoms with Gasteiger partial charge in [-0.1, -0.05) is 0 Å². The van der Waals surface area contributed by atoms with Crippen molar-refractivity contribution in [3.63, 3.8) is 0 Å². The van der Waals surface area contributed by atoms with Crippen LogP contribution in [0, 0.1) is 11.3 Å². The number of carbonyl (C=O) groups is 2. The molecule has 164 valence electrons. The fourth-order valence-corrected chi connectivity index (χ4v) is 3.11. The summed E-state index contributed by atoms with van der Waals surface area (Å²) in [6.07, 6.45) is 1.36. The van der Waals surface area contributed by atoms with Crippen molar-refractivity contribution in [3.05, 3.63) is 59.9 Å². The minimum absolute atomic E-state index is 0.186. The maximum absolute atomic E-state index is 12.6. The Labute approximate surface area is 187 Å². The topological polar surface area (TPSA) is 144 Å². The van der Waals surface area contributed by atoms with Gasteiger partial charge >= 0.3 is 5.97 Å². The number of imidazole rings is 1. The molecule has 4 aromatic rings. The molecule has 0 aliphatic carbocycles. The highest BCUT2D eigenvalue weighted by atomic mass is 16.5. The van der Waals surface area contributed by atoms with E-state index in [4.69, 9.17) is 9.47 Å². The Bertz CT molecular complexity index is 1420. The molecule has 0 N–H and O–H groups in total. The van der Waals surface area contributed by atoms with Crippen molar-refractivity contribution in [1.29, 1.82) is 5.26 Å². The highest BCUT2D eigenvalue weighted by molar-refractivity contribution is 6.02. The second kappa shape index (κ2) is 9.19. The van der Waals surface area contributed by atoms with E-state index in [-0.39, 0.29) is 18.1 Å². The Hall–Kier alpha value is -4.72. The van der Waals surface area contributed by atoms with E-state index in [2.05, 4.69) is 25.4 Å². The molecule has 0 aliphatic heterocycles. The lowest BCUT2D eigenvalue weighted by Crippen LogP contribution is -2.16. The number of rotatable bonds is 7. The number of hydrogen-bond acceptors (Lipinski definition) is 10. The van der Waals surface area contributed by atoms with Crippen LogP contribution in [0.5, 0.6) is 5.75 Å². The van der Waals surface area contributed by atoms with Gasteiger partial charge in [0.05, 0.1) is 37.2 Å². The lowest BCUT2D eigenvalue weighted by atomic mass is 10.1. The van der Waals surface area contributed by atoms with Gasteiger partial charge in [-0.15, -0.1) is 10.2 Å². The number of methoxy groups -OCH3 is 1. The number of Topliss-reactive ketones (excluding diaryl/α,β-unsaturated/α-hetero) is 1. The number of benzene rings is 2. The molecule has 11 nitrogen and oxygen atoms in total. The first-order valence-electron chi connectivity index (χ1n) is 9.85.